The zero-order chi connectivity index (χ0) is 15.0. The predicted molar refractivity (Wildman–Crippen MR) is 98.9 cm³/mol. The van der Waals surface area contributed by atoms with Crippen LogP contribution < -0.4 is 0 Å². The summed E-state index contributed by atoms with van der Waals surface area (Å²) in [6.45, 7) is 0. The minimum atomic E-state index is 0.0349. The lowest BCUT2D eigenvalue weighted by molar-refractivity contribution is 1.18. The minimum Gasteiger partial charge on any atom is -0.0843 e. The van der Waals surface area contributed by atoms with Crippen LogP contribution in [0.1, 0.15) is 16.0 Å². The van der Waals surface area contributed by atoms with Gasteiger partial charge in [-0.05, 0) is 40.8 Å². The molecular weight excluding hydrogens is 435 g/mol. The molecule has 3 aromatic rings. The summed E-state index contributed by atoms with van der Waals surface area (Å²) in [5.41, 5.74) is 2.26. The molecule has 4 heteroatoms. The van der Waals surface area contributed by atoms with Gasteiger partial charge in [0.1, 0.15) is 0 Å². The molecule has 21 heavy (non-hydrogen) atoms. The molecular formula is C17H10Br2Cl2. The van der Waals surface area contributed by atoms with Gasteiger partial charge in [0.2, 0.25) is 0 Å². The Balaban J connectivity index is 2.20. The van der Waals surface area contributed by atoms with E-state index in [1.807, 2.05) is 42.5 Å². The average molecular weight is 445 g/mol. The van der Waals surface area contributed by atoms with Crippen molar-refractivity contribution in [2.45, 2.75) is 4.83 Å². The first-order valence-electron chi connectivity index (χ1n) is 6.34. The zero-order valence-corrected chi connectivity index (χ0v) is 15.5. The van der Waals surface area contributed by atoms with E-state index in [1.165, 1.54) is 0 Å². The highest BCUT2D eigenvalue weighted by atomic mass is 79.9. The maximum atomic E-state index is 6.29. The molecule has 0 aliphatic carbocycles. The third-order valence-electron chi connectivity index (χ3n) is 3.41. The first-order valence-corrected chi connectivity index (χ1v) is 8.80. The van der Waals surface area contributed by atoms with Crippen LogP contribution >= 0.6 is 55.1 Å². The zero-order valence-electron chi connectivity index (χ0n) is 10.8. The molecule has 1 unspecified atom stereocenters. The van der Waals surface area contributed by atoms with Gasteiger partial charge in [-0.25, -0.2) is 0 Å². The first kappa shape index (κ1) is 15.4. The van der Waals surface area contributed by atoms with Crippen LogP contribution in [0.2, 0.25) is 10.0 Å². The number of fused-ring (bicyclic) bond motifs is 1. The summed E-state index contributed by atoms with van der Waals surface area (Å²) in [6.07, 6.45) is 0. The van der Waals surface area contributed by atoms with Crippen LogP contribution in [0.25, 0.3) is 10.8 Å². The van der Waals surface area contributed by atoms with Crippen LogP contribution in [-0.4, -0.2) is 0 Å². The van der Waals surface area contributed by atoms with Gasteiger partial charge in [0.05, 0.1) is 4.83 Å². The van der Waals surface area contributed by atoms with Crippen molar-refractivity contribution in [1.29, 1.82) is 0 Å². The molecule has 0 radical (unpaired) electrons. The van der Waals surface area contributed by atoms with Crippen molar-refractivity contribution in [3.05, 3.63) is 80.2 Å². The highest BCUT2D eigenvalue weighted by Gasteiger charge is 2.17. The molecule has 0 heterocycles. The van der Waals surface area contributed by atoms with E-state index in [1.54, 1.807) is 0 Å². The maximum Gasteiger partial charge on any atom is 0.0662 e. The van der Waals surface area contributed by atoms with E-state index in [4.69, 9.17) is 23.2 Å². The molecule has 0 N–H and O–H groups in total. The second kappa shape index (κ2) is 6.29. The maximum absolute atomic E-state index is 6.29. The lowest BCUT2D eigenvalue weighted by Crippen LogP contribution is -1.96. The quantitative estimate of drug-likeness (QED) is 0.361. The fourth-order valence-electron chi connectivity index (χ4n) is 2.38. The predicted octanol–water partition coefficient (Wildman–Crippen LogP) is 7.39. The second-order valence-corrected chi connectivity index (χ2v) is 7.32. The molecule has 0 fully saturated rings. The Labute approximate surface area is 150 Å². The van der Waals surface area contributed by atoms with Crippen molar-refractivity contribution in [3.8, 4) is 0 Å². The van der Waals surface area contributed by atoms with Gasteiger partial charge >= 0.3 is 0 Å². The van der Waals surface area contributed by atoms with Crippen LogP contribution in [-0.2, 0) is 0 Å². The Morgan fingerprint density at radius 3 is 2.29 bits per heavy atom. The lowest BCUT2D eigenvalue weighted by atomic mass is 9.98. The van der Waals surface area contributed by atoms with Crippen LogP contribution in [0.15, 0.2) is 59.1 Å². The molecule has 0 nitrogen and oxygen atoms in total. The number of benzene rings is 3. The molecule has 0 bridgehead atoms. The molecule has 0 aromatic heterocycles. The Morgan fingerprint density at radius 2 is 1.52 bits per heavy atom. The molecule has 0 saturated carbocycles. The number of halogens is 4. The van der Waals surface area contributed by atoms with Gasteiger partial charge in [0, 0.05) is 19.9 Å². The molecule has 106 valence electrons. The van der Waals surface area contributed by atoms with Gasteiger partial charge in [0.25, 0.3) is 0 Å². The summed E-state index contributed by atoms with van der Waals surface area (Å²) in [7, 11) is 0. The van der Waals surface area contributed by atoms with E-state index in [2.05, 4.69) is 44.0 Å². The van der Waals surface area contributed by atoms with Gasteiger partial charge in [-0.3, -0.25) is 0 Å². The van der Waals surface area contributed by atoms with E-state index in [-0.39, 0.29) is 4.83 Å². The van der Waals surface area contributed by atoms with Crippen molar-refractivity contribution < 1.29 is 0 Å². The largest absolute Gasteiger partial charge is 0.0843 e. The monoisotopic (exact) mass is 442 g/mol. The van der Waals surface area contributed by atoms with Crippen molar-refractivity contribution in [2.75, 3.05) is 0 Å². The topological polar surface area (TPSA) is 0 Å². The van der Waals surface area contributed by atoms with Crippen LogP contribution in [0.4, 0.5) is 0 Å². The van der Waals surface area contributed by atoms with E-state index in [0.717, 1.165) is 36.4 Å². The van der Waals surface area contributed by atoms with E-state index < -0.39 is 0 Å². The van der Waals surface area contributed by atoms with Gasteiger partial charge < -0.3 is 0 Å². The van der Waals surface area contributed by atoms with Crippen LogP contribution in [0, 0.1) is 0 Å². The number of hydrogen-bond acceptors (Lipinski definition) is 0. The number of hydrogen-bond donors (Lipinski definition) is 0. The molecule has 0 aliphatic heterocycles. The van der Waals surface area contributed by atoms with Crippen molar-refractivity contribution in [2.24, 2.45) is 0 Å². The Kier molecular flexibility index (Phi) is 4.60. The smallest absolute Gasteiger partial charge is 0.0662 e. The van der Waals surface area contributed by atoms with Gasteiger partial charge in [-0.15, -0.1) is 0 Å². The lowest BCUT2D eigenvalue weighted by Gasteiger charge is -2.16. The standard InChI is InChI=1S/C17H10Br2Cl2/c18-15-7-5-10(20)9-14(15)17(19)13-6-8-16(21)12-4-2-1-3-11(12)13/h1-9,17H. The first-order chi connectivity index (χ1) is 10.1. The molecule has 0 aliphatic rings. The normalized spacial score (nSPS) is 12.6. The fourth-order valence-corrected chi connectivity index (χ4v) is 4.35. The van der Waals surface area contributed by atoms with Crippen molar-refractivity contribution in [3.63, 3.8) is 0 Å². The second-order valence-electron chi connectivity index (χ2n) is 4.71. The third kappa shape index (κ3) is 3.00. The third-order valence-corrected chi connectivity index (χ3v) is 5.68. The van der Waals surface area contributed by atoms with Gasteiger partial charge in [0.15, 0.2) is 0 Å². The summed E-state index contributed by atoms with van der Waals surface area (Å²) in [4.78, 5) is 0.0349. The van der Waals surface area contributed by atoms with Crippen LogP contribution in [0.5, 0.6) is 0 Å². The molecule has 0 spiro atoms. The van der Waals surface area contributed by atoms with Crippen molar-refractivity contribution in [1.82, 2.24) is 0 Å². The molecule has 3 aromatic carbocycles. The summed E-state index contributed by atoms with van der Waals surface area (Å²) in [5.74, 6) is 0. The number of alkyl halides is 1. The van der Waals surface area contributed by atoms with E-state index in [9.17, 15) is 0 Å². The summed E-state index contributed by atoms with van der Waals surface area (Å²) >= 11 is 19.8. The highest BCUT2D eigenvalue weighted by Crippen LogP contribution is 2.40. The van der Waals surface area contributed by atoms with Gasteiger partial charge in [-0.2, -0.15) is 0 Å². The highest BCUT2D eigenvalue weighted by molar-refractivity contribution is 9.11. The molecule has 0 saturated heterocycles. The number of rotatable bonds is 2. The fraction of sp³-hybridized carbons (Fsp3) is 0.0588. The Morgan fingerprint density at radius 1 is 0.810 bits per heavy atom. The van der Waals surface area contributed by atoms with Gasteiger partial charge in [-0.1, -0.05) is 85.4 Å². The SMILES string of the molecule is Clc1ccc(Br)c(C(Br)c2ccc(Cl)c3ccccc23)c1. The van der Waals surface area contributed by atoms with Crippen LogP contribution in [0.3, 0.4) is 0 Å². The van der Waals surface area contributed by atoms with Crippen molar-refractivity contribution >= 4 is 65.8 Å². The molecule has 1 atom stereocenters. The molecule has 3 rings (SSSR count). The van der Waals surface area contributed by atoms with E-state index >= 15 is 0 Å². The summed E-state index contributed by atoms with van der Waals surface area (Å²) in [6, 6.07) is 17.9. The average Bonchev–Trinajstić information content (AvgIpc) is 2.50. The minimum absolute atomic E-state index is 0.0349. The molecule has 0 amide bonds. The summed E-state index contributed by atoms with van der Waals surface area (Å²) < 4.78 is 1.02. The Hall–Kier alpha value is -0.540. The Bertz CT molecular complexity index is 815. The van der Waals surface area contributed by atoms with E-state index in [0.29, 0.717) is 0 Å². The summed E-state index contributed by atoms with van der Waals surface area (Å²) in [5, 5.41) is 3.67.